The molecule has 0 radical (unpaired) electrons. The number of piperidine rings is 2. The number of likely N-dealkylation sites (tertiary alicyclic amines) is 1. The van der Waals surface area contributed by atoms with E-state index >= 15 is 0 Å². The molecular weight excluding hydrogens is 212 g/mol. The monoisotopic (exact) mass is 238 g/mol. The summed E-state index contributed by atoms with van der Waals surface area (Å²) in [6.45, 7) is 5.37. The van der Waals surface area contributed by atoms with E-state index in [-0.39, 0.29) is 0 Å². The Morgan fingerprint density at radius 3 is 2.88 bits per heavy atom. The molecule has 0 bridgehead atoms. The van der Waals surface area contributed by atoms with Crippen molar-refractivity contribution in [2.45, 2.75) is 57.9 Å². The second kappa shape index (κ2) is 6.39. The maximum absolute atomic E-state index is 12.3. The van der Waals surface area contributed by atoms with Gasteiger partial charge in [0.05, 0.1) is 0 Å². The highest BCUT2D eigenvalue weighted by Gasteiger charge is 2.27. The fraction of sp³-hybridized carbons (Fsp3) is 0.929. The molecule has 0 aromatic rings. The second-order valence-electron chi connectivity index (χ2n) is 5.56. The SMILES string of the molecule is CCC1CCCCN1C(=O)CC1CCCNC1. The van der Waals surface area contributed by atoms with Gasteiger partial charge < -0.3 is 10.2 Å². The van der Waals surface area contributed by atoms with E-state index in [0.717, 1.165) is 32.5 Å². The van der Waals surface area contributed by atoms with E-state index in [1.807, 2.05) is 0 Å². The minimum absolute atomic E-state index is 0.408. The van der Waals surface area contributed by atoms with Crippen LogP contribution in [0.5, 0.6) is 0 Å². The van der Waals surface area contributed by atoms with E-state index in [1.54, 1.807) is 0 Å². The minimum Gasteiger partial charge on any atom is -0.340 e. The summed E-state index contributed by atoms with van der Waals surface area (Å²) in [7, 11) is 0. The van der Waals surface area contributed by atoms with Crippen LogP contribution in [0.1, 0.15) is 51.9 Å². The second-order valence-corrected chi connectivity index (χ2v) is 5.56. The number of nitrogens with one attached hydrogen (secondary N) is 1. The molecule has 2 rings (SSSR count). The van der Waals surface area contributed by atoms with E-state index in [0.29, 0.717) is 17.9 Å². The molecule has 2 aliphatic rings. The lowest BCUT2D eigenvalue weighted by atomic mass is 9.93. The summed E-state index contributed by atoms with van der Waals surface area (Å²) in [6, 6.07) is 0.521. The lowest BCUT2D eigenvalue weighted by Gasteiger charge is -2.36. The first-order valence-electron chi connectivity index (χ1n) is 7.31. The van der Waals surface area contributed by atoms with Gasteiger partial charge in [0.2, 0.25) is 5.91 Å². The van der Waals surface area contributed by atoms with E-state index in [4.69, 9.17) is 0 Å². The number of hydrogen-bond donors (Lipinski definition) is 1. The summed E-state index contributed by atoms with van der Waals surface area (Å²) < 4.78 is 0. The quantitative estimate of drug-likeness (QED) is 0.817. The van der Waals surface area contributed by atoms with Crippen LogP contribution in [-0.4, -0.2) is 36.5 Å². The van der Waals surface area contributed by atoms with E-state index in [9.17, 15) is 4.79 Å². The normalized spacial score (nSPS) is 30.3. The van der Waals surface area contributed by atoms with Crippen molar-refractivity contribution in [1.82, 2.24) is 10.2 Å². The summed E-state index contributed by atoms with van der Waals surface area (Å²) in [4.78, 5) is 14.5. The van der Waals surface area contributed by atoms with Crippen molar-refractivity contribution in [2.75, 3.05) is 19.6 Å². The van der Waals surface area contributed by atoms with Crippen LogP contribution >= 0.6 is 0 Å². The van der Waals surface area contributed by atoms with Gasteiger partial charge in [-0.1, -0.05) is 6.92 Å². The van der Waals surface area contributed by atoms with E-state index < -0.39 is 0 Å². The molecule has 1 N–H and O–H groups in total. The molecule has 3 heteroatoms. The molecule has 1 amide bonds. The van der Waals surface area contributed by atoms with Crippen LogP contribution in [0.4, 0.5) is 0 Å². The third-order valence-corrected chi connectivity index (χ3v) is 4.28. The van der Waals surface area contributed by atoms with Crippen molar-refractivity contribution in [3.8, 4) is 0 Å². The van der Waals surface area contributed by atoms with Crippen molar-refractivity contribution in [2.24, 2.45) is 5.92 Å². The number of rotatable bonds is 3. The molecule has 0 aromatic heterocycles. The van der Waals surface area contributed by atoms with Gasteiger partial charge in [-0.25, -0.2) is 0 Å². The summed E-state index contributed by atoms with van der Waals surface area (Å²) in [5.41, 5.74) is 0. The lowest BCUT2D eigenvalue weighted by molar-refractivity contribution is -0.136. The molecule has 2 atom stereocenters. The number of carbonyl (C=O) groups is 1. The highest BCUT2D eigenvalue weighted by atomic mass is 16.2. The van der Waals surface area contributed by atoms with Gasteiger partial charge in [0.25, 0.3) is 0 Å². The van der Waals surface area contributed by atoms with Crippen LogP contribution in [0.3, 0.4) is 0 Å². The molecule has 3 nitrogen and oxygen atoms in total. The molecule has 0 aromatic carbocycles. The number of carbonyl (C=O) groups excluding carboxylic acids is 1. The Morgan fingerprint density at radius 1 is 1.29 bits per heavy atom. The molecule has 98 valence electrons. The largest absolute Gasteiger partial charge is 0.340 e. The number of nitrogens with zero attached hydrogens (tertiary/aromatic N) is 1. The van der Waals surface area contributed by atoms with Crippen molar-refractivity contribution < 1.29 is 4.79 Å². The highest BCUT2D eigenvalue weighted by molar-refractivity contribution is 5.77. The fourth-order valence-corrected chi connectivity index (χ4v) is 3.22. The van der Waals surface area contributed by atoms with E-state index in [2.05, 4.69) is 17.1 Å². The topological polar surface area (TPSA) is 32.3 Å². The Kier molecular flexibility index (Phi) is 4.84. The Bertz CT molecular complexity index is 249. The molecule has 0 saturated carbocycles. The van der Waals surface area contributed by atoms with Crippen LogP contribution in [0, 0.1) is 5.92 Å². The first-order chi connectivity index (χ1) is 8.31. The summed E-state index contributed by atoms with van der Waals surface area (Å²) in [5, 5.41) is 3.40. The van der Waals surface area contributed by atoms with Gasteiger partial charge in [-0.15, -0.1) is 0 Å². The molecule has 17 heavy (non-hydrogen) atoms. The minimum atomic E-state index is 0.408. The van der Waals surface area contributed by atoms with Gasteiger partial charge >= 0.3 is 0 Å². The van der Waals surface area contributed by atoms with Crippen LogP contribution in [0.25, 0.3) is 0 Å². The molecule has 0 aliphatic carbocycles. The molecule has 0 spiro atoms. The summed E-state index contributed by atoms with van der Waals surface area (Å²) in [5.74, 6) is 0.987. The zero-order chi connectivity index (χ0) is 12.1. The van der Waals surface area contributed by atoms with Crippen LogP contribution < -0.4 is 5.32 Å². The predicted octanol–water partition coefficient (Wildman–Crippen LogP) is 2.17. The molecule has 2 heterocycles. The molecule has 2 aliphatic heterocycles. The van der Waals surface area contributed by atoms with Gasteiger partial charge in [-0.2, -0.15) is 0 Å². The lowest BCUT2D eigenvalue weighted by Crippen LogP contribution is -2.45. The summed E-state index contributed by atoms with van der Waals surface area (Å²) in [6.07, 6.45) is 8.06. The Balaban J connectivity index is 1.84. The Hall–Kier alpha value is -0.570. The smallest absolute Gasteiger partial charge is 0.223 e. The first-order valence-corrected chi connectivity index (χ1v) is 7.31. The van der Waals surface area contributed by atoms with Gasteiger partial charge in [-0.3, -0.25) is 4.79 Å². The Morgan fingerprint density at radius 2 is 2.18 bits per heavy atom. The zero-order valence-electron chi connectivity index (χ0n) is 11.1. The summed E-state index contributed by atoms with van der Waals surface area (Å²) >= 11 is 0. The Labute approximate surface area is 105 Å². The molecule has 2 saturated heterocycles. The van der Waals surface area contributed by atoms with Gasteiger partial charge in [0.15, 0.2) is 0 Å². The third kappa shape index (κ3) is 3.44. The van der Waals surface area contributed by atoms with Crippen LogP contribution in [0.2, 0.25) is 0 Å². The van der Waals surface area contributed by atoms with Gasteiger partial charge in [0.1, 0.15) is 0 Å². The predicted molar refractivity (Wildman–Crippen MR) is 69.9 cm³/mol. The molecular formula is C14H26N2O. The van der Waals surface area contributed by atoms with Crippen molar-refractivity contribution in [1.29, 1.82) is 0 Å². The van der Waals surface area contributed by atoms with Gasteiger partial charge in [0, 0.05) is 19.0 Å². The average molecular weight is 238 g/mol. The van der Waals surface area contributed by atoms with Gasteiger partial charge in [-0.05, 0) is 57.5 Å². The van der Waals surface area contributed by atoms with E-state index in [1.165, 1.54) is 32.1 Å². The average Bonchev–Trinajstić information content (AvgIpc) is 2.40. The maximum atomic E-state index is 12.3. The number of hydrogen-bond acceptors (Lipinski definition) is 2. The fourth-order valence-electron chi connectivity index (χ4n) is 3.22. The third-order valence-electron chi connectivity index (χ3n) is 4.28. The zero-order valence-corrected chi connectivity index (χ0v) is 11.1. The molecule has 2 fully saturated rings. The van der Waals surface area contributed by atoms with Crippen molar-refractivity contribution in [3.63, 3.8) is 0 Å². The standard InChI is InChI=1S/C14H26N2O/c1-2-13-7-3-4-9-16(13)14(17)10-12-6-5-8-15-11-12/h12-13,15H,2-11H2,1H3. The first kappa shape index (κ1) is 12.9. The maximum Gasteiger partial charge on any atom is 0.223 e. The van der Waals surface area contributed by atoms with Crippen LogP contribution in [-0.2, 0) is 4.79 Å². The number of amides is 1. The van der Waals surface area contributed by atoms with Crippen molar-refractivity contribution in [3.05, 3.63) is 0 Å². The molecule has 2 unspecified atom stereocenters. The van der Waals surface area contributed by atoms with Crippen molar-refractivity contribution >= 4 is 5.91 Å². The highest BCUT2D eigenvalue weighted by Crippen LogP contribution is 2.23. The van der Waals surface area contributed by atoms with Crippen LogP contribution in [0.15, 0.2) is 0 Å².